The maximum absolute atomic E-state index is 5.00. The van der Waals surface area contributed by atoms with Crippen molar-refractivity contribution in [3.05, 3.63) is 18.1 Å². The molecule has 0 bridgehead atoms. The predicted molar refractivity (Wildman–Crippen MR) is 46.1 cm³/mol. The fourth-order valence-electron chi connectivity index (χ4n) is 0.786. The van der Waals surface area contributed by atoms with Gasteiger partial charge in [-0.25, -0.2) is 4.98 Å². The van der Waals surface area contributed by atoms with E-state index in [0.29, 0.717) is 5.88 Å². The van der Waals surface area contributed by atoms with Crippen LogP contribution in [0.5, 0.6) is 5.88 Å². The van der Waals surface area contributed by atoms with Gasteiger partial charge in [-0.3, -0.25) is 4.98 Å². The second kappa shape index (κ2) is 4.28. The van der Waals surface area contributed by atoms with Crippen molar-refractivity contribution in [2.75, 3.05) is 12.4 Å². The number of hydrogen-bond donors (Lipinski definition) is 0. The van der Waals surface area contributed by atoms with Crippen LogP contribution >= 0.6 is 15.9 Å². The molecule has 0 unspecified atom stereocenters. The van der Waals surface area contributed by atoms with Crippen molar-refractivity contribution in [3.8, 4) is 5.88 Å². The average molecular weight is 217 g/mol. The first-order valence-electron chi connectivity index (χ1n) is 3.28. The molecule has 0 fully saturated rings. The molecule has 60 valence electrons. The van der Waals surface area contributed by atoms with E-state index in [1.165, 1.54) is 0 Å². The Morgan fingerprint density at radius 1 is 1.45 bits per heavy atom. The Morgan fingerprint density at radius 3 is 2.82 bits per heavy atom. The summed E-state index contributed by atoms with van der Waals surface area (Å²) in [7, 11) is 1.60. The van der Waals surface area contributed by atoms with Gasteiger partial charge in [0.15, 0.2) is 0 Å². The molecule has 0 atom stereocenters. The topological polar surface area (TPSA) is 35.0 Å². The highest BCUT2D eigenvalue weighted by atomic mass is 79.9. The van der Waals surface area contributed by atoms with Gasteiger partial charge in [-0.15, -0.1) is 0 Å². The molecule has 3 nitrogen and oxygen atoms in total. The van der Waals surface area contributed by atoms with Gasteiger partial charge in [0.2, 0.25) is 5.88 Å². The molecule has 0 saturated carbocycles. The Hall–Kier alpha value is -0.640. The minimum Gasteiger partial charge on any atom is -0.480 e. The Bertz CT molecular complexity index is 229. The van der Waals surface area contributed by atoms with E-state index in [-0.39, 0.29) is 0 Å². The van der Waals surface area contributed by atoms with E-state index in [1.54, 1.807) is 19.5 Å². The maximum Gasteiger partial charge on any atom is 0.235 e. The van der Waals surface area contributed by atoms with Gasteiger partial charge in [-0.2, -0.15) is 0 Å². The van der Waals surface area contributed by atoms with Crippen molar-refractivity contribution in [1.29, 1.82) is 0 Å². The quantitative estimate of drug-likeness (QED) is 0.718. The normalized spacial score (nSPS) is 9.64. The Labute approximate surface area is 73.9 Å². The first-order chi connectivity index (χ1) is 5.38. The van der Waals surface area contributed by atoms with Crippen LogP contribution < -0.4 is 4.74 Å². The van der Waals surface area contributed by atoms with Crippen LogP contribution in [0, 0.1) is 0 Å². The van der Waals surface area contributed by atoms with Gasteiger partial charge in [-0.05, 0) is 0 Å². The minimum absolute atomic E-state index is 0.618. The summed E-state index contributed by atoms with van der Waals surface area (Å²) in [5.74, 6) is 0.618. The Morgan fingerprint density at radius 2 is 2.18 bits per heavy atom. The summed E-state index contributed by atoms with van der Waals surface area (Å²) >= 11 is 3.33. The predicted octanol–water partition coefficient (Wildman–Crippen LogP) is 1.42. The van der Waals surface area contributed by atoms with E-state index in [2.05, 4.69) is 25.9 Å². The first kappa shape index (κ1) is 8.46. The third-order valence-electron chi connectivity index (χ3n) is 1.26. The lowest BCUT2D eigenvalue weighted by Crippen LogP contribution is -1.98. The van der Waals surface area contributed by atoms with Crippen LogP contribution in [0.3, 0.4) is 0 Å². The molecule has 11 heavy (non-hydrogen) atoms. The lowest BCUT2D eigenvalue weighted by molar-refractivity contribution is 0.390. The summed E-state index contributed by atoms with van der Waals surface area (Å²) in [6.45, 7) is 0. The zero-order valence-corrected chi connectivity index (χ0v) is 7.84. The van der Waals surface area contributed by atoms with E-state index in [9.17, 15) is 0 Å². The smallest absolute Gasteiger partial charge is 0.235 e. The van der Waals surface area contributed by atoms with Gasteiger partial charge in [0.25, 0.3) is 0 Å². The van der Waals surface area contributed by atoms with Crippen LogP contribution in [0.4, 0.5) is 0 Å². The number of methoxy groups -OCH3 is 1. The second-order valence-corrected chi connectivity index (χ2v) is 2.74. The molecule has 1 rings (SSSR count). The van der Waals surface area contributed by atoms with Gasteiger partial charge in [0.1, 0.15) is 5.69 Å². The van der Waals surface area contributed by atoms with Crippen LogP contribution in [-0.2, 0) is 6.42 Å². The standard InChI is InChI=1S/C7H9BrN2O/c1-11-7-6(2-3-8)9-4-5-10-7/h4-5H,2-3H2,1H3. The molecule has 1 heterocycles. The lowest BCUT2D eigenvalue weighted by Gasteiger charge is -2.02. The van der Waals surface area contributed by atoms with Crippen LogP contribution in [0.25, 0.3) is 0 Å². The Balaban J connectivity index is 2.83. The van der Waals surface area contributed by atoms with Crippen molar-refractivity contribution >= 4 is 15.9 Å². The van der Waals surface area contributed by atoms with Gasteiger partial charge in [0, 0.05) is 24.1 Å². The monoisotopic (exact) mass is 216 g/mol. The number of hydrogen-bond acceptors (Lipinski definition) is 3. The minimum atomic E-state index is 0.618. The van der Waals surface area contributed by atoms with Crippen LogP contribution in [-0.4, -0.2) is 22.4 Å². The van der Waals surface area contributed by atoms with Crippen molar-refractivity contribution in [2.24, 2.45) is 0 Å². The maximum atomic E-state index is 5.00. The number of halogens is 1. The highest BCUT2D eigenvalue weighted by Crippen LogP contribution is 2.11. The molecule has 0 spiro atoms. The lowest BCUT2D eigenvalue weighted by atomic mass is 10.3. The van der Waals surface area contributed by atoms with Crippen molar-refractivity contribution in [2.45, 2.75) is 6.42 Å². The molecule has 0 radical (unpaired) electrons. The summed E-state index contributed by atoms with van der Waals surface area (Å²) in [6.07, 6.45) is 4.13. The van der Waals surface area contributed by atoms with Gasteiger partial charge in [-0.1, -0.05) is 15.9 Å². The fraction of sp³-hybridized carbons (Fsp3) is 0.429. The van der Waals surface area contributed by atoms with Crippen molar-refractivity contribution < 1.29 is 4.74 Å². The third kappa shape index (κ3) is 2.15. The molecule has 4 heteroatoms. The summed E-state index contributed by atoms with van der Waals surface area (Å²) in [5, 5.41) is 0.877. The zero-order valence-electron chi connectivity index (χ0n) is 6.25. The largest absolute Gasteiger partial charge is 0.480 e. The van der Waals surface area contributed by atoms with E-state index in [0.717, 1.165) is 17.4 Å². The van der Waals surface area contributed by atoms with Crippen LogP contribution in [0.15, 0.2) is 12.4 Å². The molecular weight excluding hydrogens is 208 g/mol. The fourth-order valence-corrected chi connectivity index (χ4v) is 1.16. The highest BCUT2D eigenvalue weighted by Gasteiger charge is 2.02. The molecule has 0 aliphatic heterocycles. The number of alkyl halides is 1. The molecular formula is C7H9BrN2O. The molecule has 0 aliphatic carbocycles. The first-order valence-corrected chi connectivity index (χ1v) is 4.40. The molecule has 1 aromatic heterocycles. The van der Waals surface area contributed by atoms with Crippen molar-refractivity contribution in [3.63, 3.8) is 0 Å². The van der Waals surface area contributed by atoms with Gasteiger partial charge < -0.3 is 4.74 Å². The number of nitrogens with zero attached hydrogens (tertiary/aromatic N) is 2. The second-order valence-electron chi connectivity index (χ2n) is 1.95. The van der Waals surface area contributed by atoms with Gasteiger partial charge in [0.05, 0.1) is 7.11 Å². The zero-order chi connectivity index (χ0) is 8.10. The molecule has 0 aromatic carbocycles. The van der Waals surface area contributed by atoms with E-state index < -0.39 is 0 Å². The van der Waals surface area contributed by atoms with E-state index in [4.69, 9.17) is 4.74 Å². The summed E-state index contributed by atoms with van der Waals surface area (Å²) < 4.78 is 5.00. The SMILES string of the molecule is COc1nccnc1CCBr. The van der Waals surface area contributed by atoms with Crippen LogP contribution in [0.2, 0.25) is 0 Å². The molecule has 1 aromatic rings. The van der Waals surface area contributed by atoms with E-state index in [1.807, 2.05) is 0 Å². The average Bonchev–Trinajstić information content (AvgIpc) is 2.06. The van der Waals surface area contributed by atoms with E-state index >= 15 is 0 Å². The summed E-state index contributed by atoms with van der Waals surface area (Å²) in [4.78, 5) is 8.13. The number of rotatable bonds is 3. The number of aryl methyl sites for hydroxylation is 1. The number of aromatic nitrogens is 2. The third-order valence-corrected chi connectivity index (χ3v) is 1.66. The number of ether oxygens (including phenoxy) is 1. The molecule has 0 amide bonds. The van der Waals surface area contributed by atoms with Crippen molar-refractivity contribution in [1.82, 2.24) is 9.97 Å². The summed E-state index contributed by atoms with van der Waals surface area (Å²) in [5.41, 5.74) is 0.895. The molecule has 0 aliphatic rings. The van der Waals surface area contributed by atoms with Crippen LogP contribution in [0.1, 0.15) is 5.69 Å². The Kier molecular flexibility index (Phi) is 3.29. The summed E-state index contributed by atoms with van der Waals surface area (Å²) in [6, 6.07) is 0. The van der Waals surface area contributed by atoms with Gasteiger partial charge >= 0.3 is 0 Å². The molecule has 0 saturated heterocycles. The highest BCUT2D eigenvalue weighted by molar-refractivity contribution is 9.09. The molecule has 0 N–H and O–H groups in total.